The molecule has 1 heterocycles. The van der Waals surface area contributed by atoms with Crippen LogP contribution in [0.15, 0.2) is 36.4 Å². The van der Waals surface area contributed by atoms with Gasteiger partial charge in [-0.05, 0) is 57.5 Å². The second kappa shape index (κ2) is 5.62. The van der Waals surface area contributed by atoms with Crippen molar-refractivity contribution in [3.8, 4) is 5.75 Å². The van der Waals surface area contributed by atoms with Gasteiger partial charge in [-0.1, -0.05) is 45.7 Å². The van der Waals surface area contributed by atoms with E-state index in [2.05, 4.69) is 62.8 Å². The fourth-order valence-electron chi connectivity index (χ4n) is 2.23. The second-order valence-electron chi connectivity index (χ2n) is 4.50. The van der Waals surface area contributed by atoms with Crippen LogP contribution in [-0.4, -0.2) is 6.61 Å². The van der Waals surface area contributed by atoms with Crippen molar-refractivity contribution in [1.29, 1.82) is 0 Å². The molecule has 1 aliphatic heterocycles. The molecule has 0 spiro atoms. The summed E-state index contributed by atoms with van der Waals surface area (Å²) < 4.78 is 6.61. The Kier molecular flexibility index (Phi) is 4.06. The first kappa shape index (κ1) is 13.7. The molecule has 1 unspecified atom stereocenters. The van der Waals surface area contributed by atoms with Crippen LogP contribution in [0.1, 0.15) is 21.5 Å². The number of fused-ring (bicyclic) bond motifs is 1. The first-order valence-electron chi connectivity index (χ1n) is 6.00. The van der Waals surface area contributed by atoms with Gasteiger partial charge in [-0.25, -0.2) is 0 Å². The van der Waals surface area contributed by atoms with Crippen LogP contribution >= 0.6 is 50.1 Å². The molecule has 0 amide bonds. The van der Waals surface area contributed by atoms with Crippen LogP contribution in [0.25, 0.3) is 0 Å². The highest BCUT2D eigenvalue weighted by Crippen LogP contribution is 2.36. The molecule has 0 fully saturated rings. The molecule has 4 heteroatoms. The molecule has 0 bridgehead atoms. The highest BCUT2D eigenvalue weighted by atomic mass is 127. The standard InChI is InChI=1S/C15H11BrClIO/c16-15(11-1-3-13(18)12(17)8-11)10-2-4-14-9(7-10)5-6-19-14/h1-4,7-8,15H,5-6H2. The van der Waals surface area contributed by atoms with Gasteiger partial charge in [0.05, 0.1) is 16.5 Å². The lowest BCUT2D eigenvalue weighted by Crippen LogP contribution is -1.94. The number of rotatable bonds is 2. The van der Waals surface area contributed by atoms with Crippen LogP contribution < -0.4 is 4.74 Å². The maximum Gasteiger partial charge on any atom is 0.122 e. The van der Waals surface area contributed by atoms with E-state index in [0.29, 0.717) is 0 Å². The summed E-state index contributed by atoms with van der Waals surface area (Å²) in [5.74, 6) is 1.02. The zero-order chi connectivity index (χ0) is 13.4. The third-order valence-electron chi connectivity index (χ3n) is 3.24. The molecule has 0 saturated carbocycles. The van der Waals surface area contributed by atoms with Gasteiger partial charge >= 0.3 is 0 Å². The number of alkyl halides is 1. The molecule has 1 aliphatic rings. The van der Waals surface area contributed by atoms with Gasteiger partial charge in [0.15, 0.2) is 0 Å². The van der Waals surface area contributed by atoms with E-state index in [4.69, 9.17) is 16.3 Å². The number of hydrogen-bond donors (Lipinski definition) is 0. The summed E-state index contributed by atoms with van der Waals surface area (Å²) >= 11 is 12.2. The van der Waals surface area contributed by atoms with Crippen molar-refractivity contribution in [1.82, 2.24) is 0 Å². The van der Waals surface area contributed by atoms with Crippen LogP contribution in [0.5, 0.6) is 5.75 Å². The van der Waals surface area contributed by atoms with Crippen molar-refractivity contribution < 1.29 is 4.74 Å². The highest BCUT2D eigenvalue weighted by molar-refractivity contribution is 14.1. The van der Waals surface area contributed by atoms with Gasteiger partial charge in [-0.3, -0.25) is 0 Å². The average Bonchev–Trinajstić information content (AvgIpc) is 2.88. The van der Waals surface area contributed by atoms with E-state index in [1.54, 1.807) is 0 Å². The second-order valence-corrected chi connectivity index (χ2v) is 6.99. The topological polar surface area (TPSA) is 9.23 Å². The predicted octanol–water partition coefficient (Wildman–Crippen LogP) is 5.36. The van der Waals surface area contributed by atoms with E-state index in [-0.39, 0.29) is 4.83 Å². The number of benzene rings is 2. The largest absolute Gasteiger partial charge is 0.493 e. The summed E-state index contributed by atoms with van der Waals surface area (Å²) in [7, 11) is 0. The van der Waals surface area contributed by atoms with E-state index in [1.807, 2.05) is 12.1 Å². The first-order valence-corrected chi connectivity index (χ1v) is 8.37. The van der Waals surface area contributed by atoms with Crippen molar-refractivity contribution in [2.75, 3.05) is 6.61 Å². The molecular weight excluding hydrogens is 438 g/mol. The number of hydrogen-bond acceptors (Lipinski definition) is 1. The number of halogens is 3. The molecular formula is C15H11BrClIO. The third kappa shape index (κ3) is 2.78. The van der Waals surface area contributed by atoms with E-state index in [1.165, 1.54) is 16.7 Å². The molecule has 0 radical (unpaired) electrons. The highest BCUT2D eigenvalue weighted by Gasteiger charge is 2.17. The third-order valence-corrected chi connectivity index (χ3v) is 5.87. The summed E-state index contributed by atoms with van der Waals surface area (Å²) in [5, 5.41) is 0.798. The molecule has 98 valence electrons. The minimum absolute atomic E-state index is 0.160. The van der Waals surface area contributed by atoms with Gasteiger partial charge in [-0.15, -0.1) is 0 Å². The quantitative estimate of drug-likeness (QED) is 0.443. The Morgan fingerprint density at radius 3 is 2.68 bits per heavy atom. The van der Waals surface area contributed by atoms with E-state index in [0.717, 1.165) is 27.4 Å². The predicted molar refractivity (Wildman–Crippen MR) is 90.6 cm³/mol. The summed E-state index contributed by atoms with van der Waals surface area (Å²) in [5.41, 5.74) is 3.70. The summed E-state index contributed by atoms with van der Waals surface area (Å²) in [4.78, 5) is 0.160. The van der Waals surface area contributed by atoms with Crippen LogP contribution in [-0.2, 0) is 6.42 Å². The Labute approximate surface area is 139 Å². The van der Waals surface area contributed by atoms with Gasteiger partial charge in [0, 0.05) is 9.99 Å². The Bertz CT molecular complexity index is 630. The van der Waals surface area contributed by atoms with E-state index >= 15 is 0 Å². The molecule has 1 nitrogen and oxygen atoms in total. The maximum absolute atomic E-state index is 6.19. The van der Waals surface area contributed by atoms with Gasteiger partial charge in [0.25, 0.3) is 0 Å². The maximum atomic E-state index is 6.19. The van der Waals surface area contributed by atoms with Gasteiger partial charge in [0.2, 0.25) is 0 Å². The molecule has 2 aromatic carbocycles. The van der Waals surface area contributed by atoms with Crippen LogP contribution in [0.3, 0.4) is 0 Å². The van der Waals surface area contributed by atoms with Gasteiger partial charge in [-0.2, -0.15) is 0 Å². The Hall–Kier alpha value is -0.260. The normalized spacial score (nSPS) is 14.9. The fraction of sp³-hybridized carbons (Fsp3) is 0.200. The van der Waals surface area contributed by atoms with Crippen molar-refractivity contribution in [2.24, 2.45) is 0 Å². The first-order chi connectivity index (χ1) is 9.15. The van der Waals surface area contributed by atoms with Gasteiger partial charge in [0.1, 0.15) is 5.75 Å². The van der Waals surface area contributed by atoms with E-state index < -0.39 is 0 Å². The SMILES string of the molecule is Clc1cc(C(Br)c2ccc3c(c2)CCO3)ccc1I. The number of ether oxygens (including phenoxy) is 1. The monoisotopic (exact) mass is 448 g/mol. The van der Waals surface area contributed by atoms with Crippen molar-refractivity contribution >= 4 is 50.1 Å². The van der Waals surface area contributed by atoms with Crippen molar-refractivity contribution in [3.05, 3.63) is 61.7 Å². The smallest absolute Gasteiger partial charge is 0.122 e. The van der Waals surface area contributed by atoms with Crippen LogP contribution in [0.4, 0.5) is 0 Å². The van der Waals surface area contributed by atoms with Crippen molar-refractivity contribution in [2.45, 2.75) is 11.2 Å². The Balaban J connectivity index is 1.94. The lowest BCUT2D eigenvalue weighted by molar-refractivity contribution is 0.357. The van der Waals surface area contributed by atoms with Crippen molar-refractivity contribution in [3.63, 3.8) is 0 Å². The molecule has 19 heavy (non-hydrogen) atoms. The summed E-state index contributed by atoms with van der Waals surface area (Å²) in [6.07, 6.45) is 0.996. The summed E-state index contributed by atoms with van der Waals surface area (Å²) in [6, 6.07) is 12.6. The average molecular weight is 450 g/mol. The van der Waals surface area contributed by atoms with Gasteiger partial charge < -0.3 is 4.74 Å². The Morgan fingerprint density at radius 2 is 1.89 bits per heavy atom. The van der Waals surface area contributed by atoms with Crippen LogP contribution in [0.2, 0.25) is 5.02 Å². The fourth-order valence-corrected chi connectivity index (χ4v) is 3.32. The molecule has 2 aromatic rings. The molecule has 0 aromatic heterocycles. The zero-order valence-electron chi connectivity index (χ0n) is 10.00. The lowest BCUT2D eigenvalue weighted by Gasteiger charge is -2.13. The molecule has 3 rings (SSSR count). The zero-order valence-corrected chi connectivity index (χ0v) is 14.5. The molecule has 0 aliphatic carbocycles. The minimum Gasteiger partial charge on any atom is -0.493 e. The molecule has 1 atom stereocenters. The van der Waals surface area contributed by atoms with E-state index in [9.17, 15) is 0 Å². The lowest BCUT2D eigenvalue weighted by atomic mass is 10.0. The summed E-state index contributed by atoms with van der Waals surface area (Å²) in [6.45, 7) is 0.793. The van der Waals surface area contributed by atoms with Crippen LogP contribution in [0, 0.1) is 3.57 Å². The minimum atomic E-state index is 0.160. The molecule has 0 N–H and O–H groups in total. The Morgan fingerprint density at radius 1 is 1.16 bits per heavy atom. The molecule has 0 saturated heterocycles.